The van der Waals surface area contributed by atoms with Crippen LogP contribution >= 0.6 is 0 Å². The number of carbonyl (C=O) groups excluding carboxylic acids is 1. The second kappa shape index (κ2) is 8.06. The number of nitrogens with zero attached hydrogens (tertiary/aromatic N) is 4. The lowest BCUT2D eigenvalue weighted by molar-refractivity contribution is 0.00708. The molecule has 2 aliphatic rings. The molecule has 0 N–H and O–H groups in total. The van der Waals surface area contributed by atoms with Crippen LogP contribution in [-0.4, -0.2) is 92.3 Å². The fourth-order valence-corrected chi connectivity index (χ4v) is 4.19. The molecule has 2 fully saturated rings. The molecule has 3 rings (SSSR count). The molecule has 1 amide bonds. The van der Waals surface area contributed by atoms with Crippen LogP contribution in [0.3, 0.4) is 0 Å². The van der Waals surface area contributed by atoms with Gasteiger partial charge < -0.3 is 19.1 Å². The number of piperidine rings is 1. The summed E-state index contributed by atoms with van der Waals surface area (Å²) < 4.78 is 11.2. The third-order valence-corrected chi connectivity index (χ3v) is 5.58. The number of aryl methyl sites for hydroxylation is 2. The average molecular weight is 364 g/mol. The fraction of sp³-hybridized carbons (Fsp3) is 0.789. The number of ether oxygens (including phenoxy) is 1. The summed E-state index contributed by atoms with van der Waals surface area (Å²) in [5.74, 6) is 0.654. The van der Waals surface area contributed by atoms with Crippen LogP contribution in [0.4, 0.5) is 0 Å². The van der Waals surface area contributed by atoms with Gasteiger partial charge in [-0.15, -0.1) is 0 Å². The van der Waals surface area contributed by atoms with E-state index in [-0.39, 0.29) is 11.3 Å². The maximum absolute atomic E-state index is 13.1. The number of likely N-dealkylation sites (tertiary alicyclic amines) is 1. The molecule has 1 aromatic heterocycles. The first-order valence-electron chi connectivity index (χ1n) is 9.57. The molecular weight excluding hydrogens is 332 g/mol. The summed E-state index contributed by atoms with van der Waals surface area (Å²) >= 11 is 0. The van der Waals surface area contributed by atoms with E-state index >= 15 is 0 Å². The third kappa shape index (κ3) is 4.27. The lowest BCUT2D eigenvalue weighted by Gasteiger charge is -2.43. The summed E-state index contributed by atoms with van der Waals surface area (Å²) in [6.45, 7) is 10.7. The van der Waals surface area contributed by atoms with Crippen molar-refractivity contribution in [1.82, 2.24) is 19.9 Å². The van der Waals surface area contributed by atoms with Gasteiger partial charge in [0.15, 0.2) is 0 Å². The monoisotopic (exact) mass is 364 g/mol. The fourth-order valence-electron chi connectivity index (χ4n) is 4.19. The second-order valence-corrected chi connectivity index (χ2v) is 8.16. The van der Waals surface area contributed by atoms with E-state index in [9.17, 15) is 4.79 Å². The van der Waals surface area contributed by atoms with E-state index in [0.717, 1.165) is 65.3 Å². The Hall–Kier alpha value is -1.44. The summed E-state index contributed by atoms with van der Waals surface area (Å²) in [5, 5.41) is 3.94. The van der Waals surface area contributed by atoms with Gasteiger partial charge in [-0.3, -0.25) is 9.69 Å². The SMILES string of the molecule is Cc1noc(C)c1C(=O)N1CCCC2(COCCN(CCN(C)C)C2)C1. The molecule has 3 heterocycles. The van der Waals surface area contributed by atoms with E-state index in [0.29, 0.717) is 17.0 Å². The molecule has 26 heavy (non-hydrogen) atoms. The molecule has 1 aromatic rings. The zero-order valence-electron chi connectivity index (χ0n) is 16.6. The van der Waals surface area contributed by atoms with Crippen LogP contribution in [0, 0.1) is 19.3 Å². The first kappa shape index (κ1) is 19.3. The predicted octanol–water partition coefficient (Wildman–Crippen LogP) is 1.41. The van der Waals surface area contributed by atoms with Gasteiger partial charge in [0.05, 0.1) is 18.9 Å². The molecule has 0 aliphatic carbocycles. The minimum atomic E-state index is 0.0235. The molecule has 0 radical (unpaired) electrons. The number of rotatable bonds is 4. The molecule has 0 saturated carbocycles. The standard InChI is InChI=1S/C19H32N4O3/c1-15-17(16(2)26-20-15)18(24)23-7-5-6-19(13-23)12-22(9-8-21(3)4)10-11-25-14-19/h5-14H2,1-4H3. The molecule has 7 heteroatoms. The summed E-state index contributed by atoms with van der Waals surface area (Å²) in [6.07, 6.45) is 2.12. The Kier molecular flexibility index (Phi) is 5.99. The molecule has 2 aliphatic heterocycles. The maximum atomic E-state index is 13.1. The summed E-state index contributed by atoms with van der Waals surface area (Å²) in [5.41, 5.74) is 1.33. The van der Waals surface area contributed by atoms with Crippen molar-refractivity contribution in [2.75, 3.05) is 66.6 Å². The number of hydrogen-bond acceptors (Lipinski definition) is 6. The second-order valence-electron chi connectivity index (χ2n) is 8.16. The number of carbonyl (C=O) groups is 1. The molecule has 0 bridgehead atoms. The molecule has 1 unspecified atom stereocenters. The Morgan fingerprint density at radius 1 is 1.27 bits per heavy atom. The van der Waals surface area contributed by atoms with E-state index in [1.807, 2.05) is 18.7 Å². The zero-order valence-corrected chi connectivity index (χ0v) is 16.6. The van der Waals surface area contributed by atoms with E-state index < -0.39 is 0 Å². The van der Waals surface area contributed by atoms with Gasteiger partial charge in [0.1, 0.15) is 11.3 Å². The first-order chi connectivity index (χ1) is 12.4. The summed E-state index contributed by atoms with van der Waals surface area (Å²) in [4.78, 5) is 19.8. The van der Waals surface area contributed by atoms with Crippen LogP contribution in [0.25, 0.3) is 0 Å². The molecule has 1 atom stereocenters. The topological polar surface area (TPSA) is 62.1 Å². The van der Waals surface area contributed by atoms with Crippen LogP contribution in [0.2, 0.25) is 0 Å². The van der Waals surface area contributed by atoms with Gasteiger partial charge in [-0.2, -0.15) is 0 Å². The molecule has 1 spiro atoms. The Morgan fingerprint density at radius 3 is 2.77 bits per heavy atom. The quantitative estimate of drug-likeness (QED) is 0.805. The van der Waals surface area contributed by atoms with Gasteiger partial charge >= 0.3 is 0 Å². The molecule has 0 aromatic carbocycles. The zero-order chi connectivity index (χ0) is 18.7. The van der Waals surface area contributed by atoms with Crippen molar-refractivity contribution in [1.29, 1.82) is 0 Å². The Bertz CT molecular complexity index is 611. The van der Waals surface area contributed by atoms with Crippen LogP contribution in [-0.2, 0) is 4.74 Å². The van der Waals surface area contributed by atoms with Crippen molar-refractivity contribution >= 4 is 5.91 Å². The van der Waals surface area contributed by atoms with Crippen LogP contribution < -0.4 is 0 Å². The minimum Gasteiger partial charge on any atom is -0.379 e. The lowest BCUT2D eigenvalue weighted by atomic mass is 9.79. The van der Waals surface area contributed by atoms with Gasteiger partial charge in [0.2, 0.25) is 0 Å². The number of amides is 1. The largest absolute Gasteiger partial charge is 0.379 e. The van der Waals surface area contributed by atoms with E-state index in [4.69, 9.17) is 9.26 Å². The summed E-state index contributed by atoms with van der Waals surface area (Å²) in [6, 6.07) is 0. The van der Waals surface area contributed by atoms with E-state index in [2.05, 4.69) is 29.1 Å². The van der Waals surface area contributed by atoms with Crippen molar-refractivity contribution in [2.24, 2.45) is 5.41 Å². The highest BCUT2D eigenvalue weighted by atomic mass is 16.5. The van der Waals surface area contributed by atoms with E-state index in [1.165, 1.54) is 0 Å². The van der Waals surface area contributed by atoms with Crippen molar-refractivity contribution in [2.45, 2.75) is 26.7 Å². The molecular formula is C19H32N4O3. The van der Waals surface area contributed by atoms with Crippen LogP contribution in [0.5, 0.6) is 0 Å². The van der Waals surface area contributed by atoms with Gasteiger partial charge in [0, 0.05) is 44.7 Å². The molecule has 2 saturated heterocycles. The first-order valence-corrected chi connectivity index (χ1v) is 9.57. The summed E-state index contributed by atoms with van der Waals surface area (Å²) in [7, 11) is 4.21. The van der Waals surface area contributed by atoms with Crippen molar-refractivity contribution in [3.8, 4) is 0 Å². The highest BCUT2D eigenvalue weighted by molar-refractivity contribution is 5.96. The van der Waals surface area contributed by atoms with Crippen molar-refractivity contribution < 1.29 is 14.1 Å². The highest BCUT2D eigenvalue weighted by Gasteiger charge is 2.41. The molecule has 146 valence electrons. The molecule has 7 nitrogen and oxygen atoms in total. The average Bonchev–Trinajstić information content (AvgIpc) is 2.82. The number of hydrogen-bond donors (Lipinski definition) is 0. The Balaban J connectivity index is 1.72. The van der Waals surface area contributed by atoms with Crippen LogP contribution in [0.1, 0.15) is 34.7 Å². The highest BCUT2D eigenvalue weighted by Crippen LogP contribution is 2.34. The van der Waals surface area contributed by atoms with Gasteiger partial charge in [-0.05, 0) is 40.8 Å². The van der Waals surface area contributed by atoms with Crippen LogP contribution in [0.15, 0.2) is 4.52 Å². The Labute approximate surface area is 156 Å². The van der Waals surface area contributed by atoms with E-state index in [1.54, 1.807) is 0 Å². The number of aromatic nitrogens is 1. The predicted molar refractivity (Wildman–Crippen MR) is 99.4 cm³/mol. The van der Waals surface area contributed by atoms with Gasteiger partial charge in [-0.1, -0.05) is 5.16 Å². The van der Waals surface area contributed by atoms with Crippen molar-refractivity contribution in [3.05, 3.63) is 17.0 Å². The Morgan fingerprint density at radius 2 is 2.08 bits per heavy atom. The van der Waals surface area contributed by atoms with Crippen molar-refractivity contribution in [3.63, 3.8) is 0 Å². The smallest absolute Gasteiger partial charge is 0.259 e. The number of likely N-dealkylation sites (N-methyl/N-ethyl adjacent to an activating group) is 1. The third-order valence-electron chi connectivity index (χ3n) is 5.58. The minimum absolute atomic E-state index is 0.0235. The lowest BCUT2D eigenvalue weighted by Crippen LogP contribution is -2.52. The normalized spacial score (nSPS) is 25.0. The van der Waals surface area contributed by atoms with Gasteiger partial charge in [-0.25, -0.2) is 0 Å². The van der Waals surface area contributed by atoms with Gasteiger partial charge in [0.25, 0.3) is 5.91 Å². The maximum Gasteiger partial charge on any atom is 0.259 e.